The van der Waals surface area contributed by atoms with E-state index >= 15 is 0 Å². The highest BCUT2D eigenvalue weighted by molar-refractivity contribution is 6.59. The molecule has 120 valence electrons. The van der Waals surface area contributed by atoms with Gasteiger partial charge in [-0.3, -0.25) is 0 Å². The number of halogens is 5. The molecule has 21 heavy (non-hydrogen) atoms. The summed E-state index contributed by atoms with van der Waals surface area (Å²) < 4.78 is 79.8. The zero-order valence-electron chi connectivity index (χ0n) is 11.2. The normalized spacial score (nSPS) is 11.8. The van der Waals surface area contributed by atoms with Gasteiger partial charge in [0.2, 0.25) is 29.1 Å². The van der Waals surface area contributed by atoms with Crippen LogP contribution in [0.4, 0.5) is 22.0 Å². The molecule has 0 radical (unpaired) electrons. The van der Waals surface area contributed by atoms with Crippen LogP contribution in [0.2, 0.25) is 0 Å². The Balaban J connectivity index is 3.03. The molecule has 10 heteroatoms. The van der Waals surface area contributed by atoms with E-state index in [-0.39, 0.29) is 13.2 Å². The van der Waals surface area contributed by atoms with Gasteiger partial charge in [0.05, 0.1) is 0 Å². The summed E-state index contributed by atoms with van der Waals surface area (Å²) >= 11 is 0. The van der Waals surface area contributed by atoms with Crippen molar-refractivity contribution < 1.29 is 40.3 Å². The van der Waals surface area contributed by atoms with Crippen molar-refractivity contribution in [1.82, 2.24) is 0 Å². The van der Waals surface area contributed by atoms with Crippen molar-refractivity contribution in [2.75, 3.05) is 19.4 Å². The zero-order valence-corrected chi connectivity index (χ0v) is 12.2. The maximum Gasteiger partial charge on any atom is 0.537 e. The highest BCUT2D eigenvalue weighted by Gasteiger charge is 2.39. The van der Waals surface area contributed by atoms with Crippen molar-refractivity contribution in [2.45, 2.75) is 13.8 Å². The average molecular weight is 332 g/mol. The molecule has 0 aliphatic carbocycles. The van der Waals surface area contributed by atoms with E-state index in [0.717, 1.165) is 0 Å². The molecule has 0 unspecified atom stereocenters. The molecule has 0 heterocycles. The zero-order chi connectivity index (χ0) is 16.2. The fraction of sp³-hybridized carbons (Fsp3) is 0.455. The first-order valence-corrected chi connectivity index (χ1v) is 7.89. The number of ether oxygens (including phenoxy) is 1. The standard InChI is InChI=1S/C11H13F5O4Si/c1-3-19-21(17,20-4-2)5-18-11-9(15)7(13)6(12)8(14)10(11)16/h17H,3-5H2,1-2H3. The summed E-state index contributed by atoms with van der Waals surface area (Å²) in [7, 11) is -3.92. The lowest BCUT2D eigenvalue weighted by Crippen LogP contribution is -2.49. The first-order valence-electron chi connectivity index (χ1n) is 5.91. The van der Waals surface area contributed by atoms with E-state index in [0.29, 0.717) is 0 Å². The Morgan fingerprint density at radius 1 is 0.810 bits per heavy atom. The van der Waals surface area contributed by atoms with E-state index < -0.39 is 49.9 Å². The van der Waals surface area contributed by atoms with Crippen molar-refractivity contribution >= 4 is 8.80 Å². The third-order valence-corrected chi connectivity index (χ3v) is 4.30. The number of benzene rings is 1. The van der Waals surface area contributed by atoms with Crippen LogP contribution in [0.3, 0.4) is 0 Å². The lowest BCUT2D eigenvalue weighted by Gasteiger charge is -2.23. The molecule has 1 N–H and O–H groups in total. The summed E-state index contributed by atoms with van der Waals surface area (Å²) in [6.07, 6.45) is -0.854. The van der Waals surface area contributed by atoms with Crippen LogP contribution in [-0.4, -0.2) is 33.0 Å². The van der Waals surface area contributed by atoms with Crippen LogP contribution in [0.5, 0.6) is 5.75 Å². The van der Waals surface area contributed by atoms with Gasteiger partial charge in [-0.15, -0.1) is 0 Å². The van der Waals surface area contributed by atoms with Gasteiger partial charge in [0, 0.05) is 13.2 Å². The summed E-state index contributed by atoms with van der Waals surface area (Å²) in [5.74, 6) is -12.3. The Bertz CT molecular complexity index is 479. The molecule has 0 bridgehead atoms. The van der Waals surface area contributed by atoms with Crippen LogP contribution in [0.15, 0.2) is 0 Å². The highest BCUT2D eigenvalue weighted by atomic mass is 28.4. The summed E-state index contributed by atoms with van der Waals surface area (Å²) in [5.41, 5.74) is 0. The van der Waals surface area contributed by atoms with Crippen LogP contribution in [0, 0.1) is 29.1 Å². The van der Waals surface area contributed by atoms with Gasteiger partial charge < -0.3 is 18.4 Å². The molecule has 0 spiro atoms. The quantitative estimate of drug-likeness (QED) is 0.360. The molecule has 0 saturated carbocycles. The minimum Gasteiger partial charge on any atom is -0.483 e. The molecule has 0 atom stereocenters. The lowest BCUT2D eigenvalue weighted by atomic mass is 10.3. The SMILES string of the molecule is CCO[Si](O)(COc1c(F)c(F)c(F)c(F)c1F)OCC. The molecule has 0 aliphatic heterocycles. The van der Waals surface area contributed by atoms with E-state index in [1.165, 1.54) is 13.8 Å². The Kier molecular flexibility index (Phi) is 6.07. The molecular weight excluding hydrogens is 319 g/mol. The van der Waals surface area contributed by atoms with E-state index in [4.69, 9.17) is 8.85 Å². The summed E-state index contributed by atoms with van der Waals surface area (Å²) in [6, 6.07) is 0. The molecule has 0 fully saturated rings. The summed E-state index contributed by atoms with van der Waals surface area (Å²) in [4.78, 5) is 9.91. The second kappa shape index (κ2) is 7.16. The molecule has 0 aromatic heterocycles. The van der Waals surface area contributed by atoms with Crippen LogP contribution < -0.4 is 4.74 Å². The second-order valence-corrected chi connectivity index (χ2v) is 6.06. The first-order chi connectivity index (χ1) is 9.77. The topological polar surface area (TPSA) is 47.9 Å². The minimum absolute atomic E-state index is 0.0171. The maximum absolute atomic E-state index is 13.4. The fourth-order valence-electron chi connectivity index (χ4n) is 1.45. The lowest BCUT2D eigenvalue weighted by molar-refractivity contribution is 0.0853. The molecule has 1 aromatic carbocycles. The Morgan fingerprint density at radius 2 is 1.19 bits per heavy atom. The van der Waals surface area contributed by atoms with E-state index in [1.54, 1.807) is 0 Å². The summed E-state index contributed by atoms with van der Waals surface area (Å²) in [6.45, 7) is 3.08. The predicted octanol–water partition coefficient (Wildman–Crippen LogP) is 2.30. The van der Waals surface area contributed by atoms with Crippen LogP contribution in [0.1, 0.15) is 13.8 Å². The molecule has 0 amide bonds. The third kappa shape index (κ3) is 3.90. The van der Waals surface area contributed by atoms with Gasteiger partial charge in [0.15, 0.2) is 12.0 Å². The third-order valence-electron chi connectivity index (χ3n) is 2.31. The van der Waals surface area contributed by atoms with Gasteiger partial charge in [0.1, 0.15) is 0 Å². The van der Waals surface area contributed by atoms with Crippen molar-refractivity contribution in [1.29, 1.82) is 0 Å². The van der Waals surface area contributed by atoms with E-state index in [2.05, 4.69) is 4.74 Å². The van der Waals surface area contributed by atoms with Gasteiger partial charge in [-0.1, -0.05) is 0 Å². The van der Waals surface area contributed by atoms with Gasteiger partial charge in [0.25, 0.3) is 0 Å². The molecular formula is C11H13F5O4Si. The van der Waals surface area contributed by atoms with Crippen molar-refractivity contribution in [2.24, 2.45) is 0 Å². The number of hydrogen-bond acceptors (Lipinski definition) is 4. The molecule has 1 aromatic rings. The first kappa shape index (κ1) is 17.8. The number of hydrogen-bond donors (Lipinski definition) is 1. The highest BCUT2D eigenvalue weighted by Crippen LogP contribution is 2.29. The Hall–Kier alpha value is -1.23. The monoisotopic (exact) mass is 332 g/mol. The van der Waals surface area contributed by atoms with Crippen molar-refractivity contribution in [3.63, 3.8) is 0 Å². The molecule has 4 nitrogen and oxygen atoms in total. The Morgan fingerprint density at radius 3 is 1.57 bits per heavy atom. The van der Waals surface area contributed by atoms with E-state index in [1.807, 2.05) is 0 Å². The summed E-state index contributed by atoms with van der Waals surface area (Å²) in [5, 5.41) is 0. The predicted molar refractivity (Wildman–Crippen MR) is 63.0 cm³/mol. The maximum atomic E-state index is 13.4. The fourth-order valence-corrected chi connectivity index (χ4v) is 2.93. The van der Waals surface area contributed by atoms with Crippen molar-refractivity contribution in [3.05, 3.63) is 29.1 Å². The number of rotatable bonds is 7. The van der Waals surface area contributed by atoms with Gasteiger partial charge in [-0.05, 0) is 13.8 Å². The minimum atomic E-state index is -3.92. The van der Waals surface area contributed by atoms with Gasteiger partial charge in [-0.2, -0.15) is 8.78 Å². The molecule has 0 saturated heterocycles. The average Bonchev–Trinajstić information content (AvgIpc) is 2.43. The van der Waals surface area contributed by atoms with Crippen LogP contribution >= 0.6 is 0 Å². The Labute approximate surface area is 118 Å². The van der Waals surface area contributed by atoms with Crippen molar-refractivity contribution in [3.8, 4) is 5.75 Å². The molecule has 1 rings (SSSR count). The largest absolute Gasteiger partial charge is 0.537 e. The second-order valence-electron chi connectivity index (χ2n) is 3.77. The van der Waals surface area contributed by atoms with E-state index in [9.17, 15) is 26.7 Å². The van der Waals surface area contributed by atoms with Gasteiger partial charge >= 0.3 is 8.80 Å². The van der Waals surface area contributed by atoms with Crippen LogP contribution in [0.25, 0.3) is 0 Å². The van der Waals surface area contributed by atoms with Gasteiger partial charge in [-0.25, -0.2) is 13.2 Å². The van der Waals surface area contributed by atoms with Crippen LogP contribution in [-0.2, 0) is 8.85 Å². The molecule has 0 aliphatic rings. The smallest absolute Gasteiger partial charge is 0.483 e.